The van der Waals surface area contributed by atoms with Crippen LogP contribution in [0.15, 0.2) is 42.5 Å². The highest BCUT2D eigenvalue weighted by Gasteiger charge is 2.17. The van der Waals surface area contributed by atoms with Gasteiger partial charge in [-0.3, -0.25) is 9.59 Å². The number of nitrogens with one attached hydrogen (secondary N) is 1. The summed E-state index contributed by atoms with van der Waals surface area (Å²) in [7, 11) is 0. The summed E-state index contributed by atoms with van der Waals surface area (Å²) in [5, 5.41) is 22.3. The number of carbonyl (C=O) groups is 2. The number of rotatable bonds is 8. The Morgan fingerprint density at radius 3 is 2.31 bits per heavy atom. The zero-order chi connectivity index (χ0) is 19.1. The van der Waals surface area contributed by atoms with Gasteiger partial charge < -0.3 is 15.5 Å². The average Bonchev–Trinajstić information content (AvgIpc) is 2.60. The summed E-state index contributed by atoms with van der Waals surface area (Å²) in [4.78, 5) is 23.2. The lowest BCUT2D eigenvalue weighted by atomic mass is 9.96. The summed E-state index contributed by atoms with van der Waals surface area (Å²) >= 11 is 0. The molecule has 0 aliphatic heterocycles. The highest BCUT2D eigenvalue weighted by molar-refractivity contribution is 6.05. The quantitative estimate of drug-likeness (QED) is 0.618. The van der Waals surface area contributed by atoms with Crippen LogP contribution < -0.4 is 5.32 Å². The molecule has 0 radical (unpaired) electrons. The molecule has 0 spiro atoms. The smallest absolute Gasteiger partial charge is 0.303 e. The lowest BCUT2D eigenvalue weighted by Gasteiger charge is -2.17. The Morgan fingerprint density at radius 2 is 1.69 bits per heavy atom. The number of phenols is 1. The largest absolute Gasteiger partial charge is 0.505 e. The van der Waals surface area contributed by atoms with Gasteiger partial charge in [-0.15, -0.1) is 0 Å². The fourth-order valence-corrected chi connectivity index (χ4v) is 2.83. The molecule has 26 heavy (non-hydrogen) atoms. The molecule has 0 bridgehead atoms. The van der Waals surface area contributed by atoms with Crippen LogP contribution in [0.4, 0.5) is 5.69 Å². The second-order valence-electron chi connectivity index (χ2n) is 6.77. The van der Waals surface area contributed by atoms with Crippen molar-refractivity contribution < 1.29 is 19.8 Å². The number of benzene rings is 2. The van der Waals surface area contributed by atoms with Crippen LogP contribution >= 0.6 is 0 Å². The first-order valence-electron chi connectivity index (χ1n) is 8.80. The van der Waals surface area contributed by atoms with Crippen molar-refractivity contribution in [1.29, 1.82) is 0 Å². The summed E-state index contributed by atoms with van der Waals surface area (Å²) in [5.74, 6) is -0.760. The minimum Gasteiger partial charge on any atom is -0.505 e. The SMILES string of the molecule is CC(C)Cc1ccc(CCCC(=O)O)c(O)c1NC(=O)c1ccccc1. The van der Waals surface area contributed by atoms with Crippen LogP contribution in [0.3, 0.4) is 0 Å². The molecule has 5 nitrogen and oxygen atoms in total. The summed E-state index contributed by atoms with van der Waals surface area (Å²) in [5.41, 5.74) is 2.44. The third-order valence-electron chi connectivity index (χ3n) is 4.09. The number of anilines is 1. The normalized spacial score (nSPS) is 10.7. The maximum absolute atomic E-state index is 12.5. The van der Waals surface area contributed by atoms with Gasteiger partial charge in [-0.1, -0.05) is 44.2 Å². The second-order valence-corrected chi connectivity index (χ2v) is 6.77. The summed E-state index contributed by atoms with van der Waals surface area (Å²) in [6, 6.07) is 12.5. The Hall–Kier alpha value is -2.82. The highest BCUT2D eigenvalue weighted by atomic mass is 16.4. The number of carbonyl (C=O) groups excluding carboxylic acids is 1. The van der Waals surface area contributed by atoms with Gasteiger partial charge in [0.05, 0.1) is 5.69 Å². The molecule has 0 fully saturated rings. The molecule has 1 amide bonds. The van der Waals surface area contributed by atoms with Gasteiger partial charge in [0.2, 0.25) is 0 Å². The predicted octanol–water partition coefficient (Wildman–Crippen LogP) is 4.25. The maximum atomic E-state index is 12.5. The fourth-order valence-electron chi connectivity index (χ4n) is 2.83. The molecule has 2 aromatic carbocycles. The van der Waals surface area contributed by atoms with Crippen LogP contribution in [0.1, 0.15) is 48.2 Å². The van der Waals surface area contributed by atoms with Gasteiger partial charge in [-0.2, -0.15) is 0 Å². The van der Waals surface area contributed by atoms with E-state index < -0.39 is 5.97 Å². The van der Waals surface area contributed by atoms with E-state index in [9.17, 15) is 14.7 Å². The molecule has 2 rings (SSSR count). The van der Waals surface area contributed by atoms with Gasteiger partial charge in [0.25, 0.3) is 5.91 Å². The molecule has 0 aromatic heterocycles. The Bertz CT molecular complexity index is 769. The molecule has 0 unspecified atom stereocenters. The van der Waals surface area contributed by atoms with Crippen molar-refractivity contribution in [2.75, 3.05) is 5.32 Å². The maximum Gasteiger partial charge on any atom is 0.303 e. The number of aromatic hydroxyl groups is 1. The molecule has 2 aromatic rings. The minimum atomic E-state index is -0.862. The van der Waals surface area contributed by atoms with Crippen LogP contribution in [0.2, 0.25) is 0 Å². The third-order valence-corrected chi connectivity index (χ3v) is 4.09. The van der Waals surface area contributed by atoms with E-state index in [4.69, 9.17) is 5.11 Å². The van der Waals surface area contributed by atoms with Crippen LogP contribution in [-0.4, -0.2) is 22.1 Å². The van der Waals surface area contributed by atoms with Crippen molar-refractivity contribution in [2.24, 2.45) is 5.92 Å². The first kappa shape index (κ1) is 19.5. The number of hydrogen-bond acceptors (Lipinski definition) is 3. The molecule has 0 saturated carbocycles. The van der Waals surface area contributed by atoms with E-state index in [1.807, 2.05) is 18.2 Å². The summed E-state index contributed by atoms with van der Waals surface area (Å²) in [6.07, 6.45) is 1.62. The Balaban J connectivity index is 2.29. The van der Waals surface area contributed by atoms with Crippen molar-refractivity contribution in [3.63, 3.8) is 0 Å². The van der Waals surface area contributed by atoms with Crippen LogP contribution in [0.5, 0.6) is 5.75 Å². The molecule has 138 valence electrons. The second kappa shape index (κ2) is 9.04. The van der Waals surface area contributed by atoms with Gasteiger partial charge in [0, 0.05) is 12.0 Å². The van der Waals surface area contributed by atoms with Crippen LogP contribution in [-0.2, 0) is 17.6 Å². The highest BCUT2D eigenvalue weighted by Crippen LogP contribution is 2.34. The van der Waals surface area contributed by atoms with Gasteiger partial charge in [-0.25, -0.2) is 0 Å². The standard InChI is InChI=1S/C21H25NO4/c1-14(2)13-17-12-11-15(9-6-10-18(23)24)20(25)19(17)22-21(26)16-7-4-3-5-8-16/h3-5,7-8,11-12,14,25H,6,9-10,13H2,1-2H3,(H,22,26)(H,23,24). The van der Waals surface area contributed by atoms with E-state index in [1.165, 1.54) is 0 Å². The Labute approximate surface area is 153 Å². The van der Waals surface area contributed by atoms with Crippen molar-refractivity contribution in [2.45, 2.75) is 39.5 Å². The molecule has 0 atom stereocenters. The molecule has 0 saturated heterocycles. The van der Waals surface area contributed by atoms with E-state index in [0.717, 1.165) is 5.56 Å². The van der Waals surface area contributed by atoms with E-state index in [2.05, 4.69) is 19.2 Å². The van der Waals surface area contributed by atoms with Gasteiger partial charge in [0.1, 0.15) is 5.75 Å². The van der Waals surface area contributed by atoms with Crippen LogP contribution in [0, 0.1) is 5.92 Å². The van der Waals surface area contributed by atoms with Gasteiger partial charge >= 0.3 is 5.97 Å². The van der Waals surface area contributed by atoms with Crippen molar-refractivity contribution in [3.8, 4) is 5.75 Å². The first-order chi connectivity index (χ1) is 12.4. The van der Waals surface area contributed by atoms with E-state index in [1.54, 1.807) is 24.3 Å². The number of amides is 1. The molecule has 0 heterocycles. The van der Waals surface area contributed by atoms with Crippen LogP contribution in [0.25, 0.3) is 0 Å². The monoisotopic (exact) mass is 355 g/mol. The molecular formula is C21H25NO4. The van der Waals surface area contributed by atoms with E-state index in [0.29, 0.717) is 42.0 Å². The molecule has 3 N–H and O–H groups in total. The molecule has 5 heteroatoms. The number of hydrogen-bond donors (Lipinski definition) is 3. The fraction of sp³-hybridized carbons (Fsp3) is 0.333. The van der Waals surface area contributed by atoms with Crippen molar-refractivity contribution in [1.82, 2.24) is 0 Å². The number of carboxylic acid groups (broad SMARTS) is 1. The van der Waals surface area contributed by atoms with Gasteiger partial charge in [-0.05, 0) is 48.4 Å². The zero-order valence-corrected chi connectivity index (χ0v) is 15.2. The van der Waals surface area contributed by atoms with Crippen molar-refractivity contribution >= 4 is 17.6 Å². The topological polar surface area (TPSA) is 86.6 Å². The lowest BCUT2D eigenvalue weighted by molar-refractivity contribution is -0.137. The Morgan fingerprint density at radius 1 is 1.04 bits per heavy atom. The number of aryl methyl sites for hydroxylation is 1. The number of carboxylic acids is 1. The number of aliphatic carboxylic acids is 1. The molecule has 0 aliphatic rings. The van der Waals surface area contributed by atoms with E-state index >= 15 is 0 Å². The third kappa shape index (κ3) is 5.34. The lowest BCUT2D eigenvalue weighted by Crippen LogP contribution is -2.14. The molecule has 0 aliphatic carbocycles. The van der Waals surface area contributed by atoms with E-state index in [-0.39, 0.29) is 18.1 Å². The summed E-state index contributed by atoms with van der Waals surface area (Å²) in [6.45, 7) is 4.14. The zero-order valence-electron chi connectivity index (χ0n) is 15.2. The Kier molecular flexibility index (Phi) is 6.78. The first-order valence-corrected chi connectivity index (χ1v) is 8.80. The average molecular weight is 355 g/mol. The molecular weight excluding hydrogens is 330 g/mol. The van der Waals surface area contributed by atoms with Gasteiger partial charge in [0.15, 0.2) is 0 Å². The minimum absolute atomic E-state index is 0.0258. The predicted molar refractivity (Wildman–Crippen MR) is 102 cm³/mol. The summed E-state index contributed by atoms with van der Waals surface area (Å²) < 4.78 is 0. The number of phenolic OH excluding ortho intramolecular Hbond substituents is 1. The van der Waals surface area contributed by atoms with Crippen molar-refractivity contribution in [3.05, 3.63) is 59.2 Å².